The van der Waals surface area contributed by atoms with E-state index in [2.05, 4.69) is 10.3 Å². The standard InChI is InChI=1S/C21H32N4O3/c1-21(19(26)25(2)20(22)24-21)12-14-6-5-7-16(10-14)23-13-15-8-9-17(27-3)11-18(15)28-4/h8-9,11,14,16,23H,5-7,10,12-13H2,1-4H3,(H2,22,24)/t14-,16?,21+/m0/s1. The number of rotatable bonds is 7. The molecule has 0 bridgehead atoms. The second-order valence-corrected chi connectivity index (χ2v) is 8.10. The van der Waals surface area contributed by atoms with Gasteiger partial charge in [0.15, 0.2) is 5.96 Å². The minimum Gasteiger partial charge on any atom is -0.497 e. The second kappa shape index (κ2) is 8.39. The van der Waals surface area contributed by atoms with E-state index in [9.17, 15) is 4.79 Å². The van der Waals surface area contributed by atoms with Crippen molar-refractivity contribution in [2.45, 2.75) is 57.2 Å². The van der Waals surface area contributed by atoms with Crippen LogP contribution in [0.15, 0.2) is 23.2 Å². The summed E-state index contributed by atoms with van der Waals surface area (Å²) in [5.74, 6) is 2.40. The molecule has 0 aromatic heterocycles. The minimum atomic E-state index is -0.718. The van der Waals surface area contributed by atoms with Crippen molar-refractivity contribution in [3.63, 3.8) is 0 Å². The van der Waals surface area contributed by atoms with Crippen molar-refractivity contribution in [1.29, 1.82) is 0 Å². The van der Waals surface area contributed by atoms with Gasteiger partial charge in [0.05, 0.1) is 14.2 Å². The molecule has 7 nitrogen and oxygen atoms in total. The van der Waals surface area contributed by atoms with Crippen molar-refractivity contribution in [2.75, 3.05) is 21.3 Å². The average Bonchev–Trinajstić information content (AvgIpc) is 2.89. The van der Waals surface area contributed by atoms with Crippen LogP contribution >= 0.6 is 0 Å². The summed E-state index contributed by atoms with van der Waals surface area (Å²) in [5.41, 5.74) is 6.25. The highest BCUT2D eigenvalue weighted by atomic mass is 16.5. The smallest absolute Gasteiger partial charge is 0.256 e. The fraction of sp³-hybridized carbons (Fsp3) is 0.619. The van der Waals surface area contributed by atoms with Crippen LogP contribution in [-0.4, -0.2) is 49.6 Å². The highest BCUT2D eigenvalue weighted by Crippen LogP contribution is 2.35. The fourth-order valence-electron chi connectivity index (χ4n) is 4.45. The molecule has 1 aliphatic heterocycles. The van der Waals surface area contributed by atoms with E-state index in [1.807, 2.05) is 25.1 Å². The summed E-state index contributed by atoms with van der Waals surface area (Å²) in [6.45, 7) is 2.65. The Morgan fingerprint density at radius 2 is 2.11 bits per heavy atom. The van der Waals surface area contributed by atoms with Gasteiger partial charge in [-0.15, -0.1) is 0 Å². The van der Waals surface area contributed by atoms with Crippen LogP contribution in [0.5, 0.6) is 11.5 Å². The number of amides is 1. The molecular weight excluding hydrogens is 356 g/mol. The lowest BCUT2D eigenvalue weighted by molar-refractivity contribution is -0.130. The lowest BCUT2D eigenvalue weighted by Gasteiger charge is -2.33. The van der Waals surface area contributed by atoms with Gasteiger partial charge in [-0.1, -0.05) is 18.9 Å². The summed E-state index contributed by atoms with van der Waals surface area (Å²) in [6, 6.07) is 6.32. The Kier molecular flexibility index (Phi) is 6.13. The number of aliphatic imine (C=N–C) groups is 1. The van der Waals surface area contributed by atoms with Crippen molar-refractivity contribution in [3.8, 4) is 11.5 Å². The zero-order valence-corrected chi connectivity index (χ0v) is 17.3. The highest BCUT2D eigenvalue weighted by Gasteiger charge is 2.44. The normalized spacial score (nSPS) is 27.6. The fourth-order valence-corrected chi connectivity index (χ4v) is 4.45. The van der Waals surface area contributed by atoms with Crippen molar-refractivity contribution in [1.82, 2.24) is 10.2 Å². The molecule has 1 saturated carbocycles. The number of nitrogens with zero attached hydrogens (tertiary/aromatic N) is 2. The Morgan fingerprint density at radius 1 is 1.32 bits per heavy atom. The molecule has 1 aromatic carbocycles. The van der Waals surface area contributed by atoms with Gasteiger partial charge in [-0.2, -0.15) is 0 Å². The zero-order valence-electron chi connectivity index (χ0n) is 17.3. The molecular formula is C21H32N4O3. The first kappa shape index (κ1) is 20.5. The van der Waals surface area contributed by atoms with Gasteiger partial charge in [0.1, 0.15) is 17.0 Å². The Labute approximate surface area is 167 Å². The number of methoxy groups -OCH3 is 2. The number of likely N-dealkylation sites (N-methyl/N-ethyl adjacent to an activating group) is 1. The number of nitrogens with one attached hydrogen (secondary N) is 1. The lowest BCUT2D eigenvalue weighted by Crippen LogP contribution is -2.42. The van der Waals surface area contributed by atoms with Crippen LogP contribution in [0, 0.1) is 5.92 Å². The number of nitrogens with two attached hydrogens (primary N) is 1. The predicted octanol–water partition coefficient (Wildman–Crippen LogP) is 2.29. The SMILES string of the molecule is COc1ccc(CNC2CCC[C@H](C[C@@]3(C)N=C(N)N(C)C3=O)C2)c(OC)c1. The molecule has 154 valence electrons. The third-order valence-corrected chi connectivity index (χ3v) is 6.01. The first-order valence-electron chi connectivity index (χ1n) is 9.94. The van der Waals surface area contributed by atoms with Crippen molar-refractivity contribution in [3.05, 3.63) is 23.8 Å². The largest absolute Gasteiger partial charge is 0.497 e. The summed E-state index contributed by atoms with van der Waals surface area (Å²) < 4.78 is 10.8. The van der Waals surface area contributed by atoms with Crippen molar-refractivity contribution in [2.24, 2.45) is 16.6 Å². The van der Waals surface area contributed by atoms with Gasteiger partial charge in [-0.25, -0.2) is 4.99 Å². The van der Waals surface area contributed by atoms with Gasteiger partial charge in [-0.3, -0.25) is 9.69 Å². The molecule has 7 heteroatoms. The number of carbonyl (C=O) groups is 1. The predicted molar refractivity (Wildman–Crippen MR) is 110 cm³/mol. The quantitative estimate of drug-likeness (QED) is 0.748. The Morgan fingerprint density at radius 3 is 2.75 bits per heavy atom. The zero-order chi connectivity index (χ0) is 20.3. The summed E-state index contributed by atoms with van der Waals surface area (Å²) in [4.78, 5) is 18.4. The summed E-state index contributed by atoms with van der Waals surface area (Å²) in [7, 11) is 5.03. The van der Waals surface area contributed by atoms with Crippen LogP contribution in [-0.2, 0) is 11.3 Å². The van der Waals surface area contributed by atoms with E-state index in [-0.39, 0.29) is 5.91 Å². The molecule has 3 N–H and O–H groups in total. The Hall–Kier alpha value is -2.28. The molecule has 1 amide bonds. The molecule has 1 heterocycles. The third-order valence-electron chi connectivity index (χ3n) is 6.01. The number of benzene rings is 1. The molecule has 3 rings (SSSR count). The molecule has 1 aliphatic carbocycles. The van der Waals surface area contributed by atoms with Crippen molar-refractivity contribution < 1.29 is 14.3 Å². The van der Waals surface area contributed by atoms with E-state index >= 15 is 0 Å². The van der Waals surface area contributed by atoms with Gasteiger partial charge >= 0.3 is 0 Å². The summed E-state index contributed by atoms with van der Waals surface area (Å²) in [6.07, 6.45) is 5.22. The highest BCUT2D eigenvalue weighted by molar-refractivity contribution is 6.06. The first-order valence-corrected chi connectivity index (χ1v) is 9.94. The lowest BCUT2D eigenvalue weighted by atomic mass is 9.78. The molecule has 0 spiro atoms. The molecule has 1 fully saturated rings. The maximum Gasteiger partial charge on any atom is 0.256 e. The van der Waals surface area contributed by atoms with Gasteiger partial charge < -0.3 is 20.5 Å². The molecule has 1 unspecified atom stereocenters. The maximum atomic E-state index is 12.5. The Bertz CT molecular complexity index is 751. The van der Waals surface area contributed by atoms with Gasteiger partial charge in [0.25, 0.3) is 5.91 Å². The second-order valence-electron chi connectivity index (χ2n) is 8.10. The summed E-state index contributed by atoms with van der Waals surface area (Å²) >= 11 is 0. The summed E-state index contributed by atoms with van der Waals surface area (Å²) in [5, 5.41) is 3.67. The molecule has 3 atom stereocenters. The molecule has 1 aromatic rings. The van der Waals surface area contributed by atoms with E-state index in [0.29, 0.717) is 17.9 Å². The van der Waals surface area contributed by atoms with Gasteiger partial charge in [-0.05, 0) is 38.2 Å². The first-order chi connectivity index (χ1) is 13.4. The molecule has 0 saturated heterocycles. The van der Waals surface area contributed by atoms with Crippen molar-refractivity contribution >= 4 is 11.9 Å². The molecule has 0 radical (unpaired) electrons. The minimum absolute atomic E-state index is 0.00283. The maximum absolute atomic E-state index is 12.5. The topological polar surface area (TPSA) is 89.2 Å². The van der Waals surface area contributed by atoms with Gasteiger partial charge in [0, 0.05) is 31.3 Å². The van der Waals surface area contributed by atoms with Crippen LogP contribution in [0.25, 0.3) is 0 Å². The van der Waals surface area contributed by atoms with Crippen LogP contribution < -0.4 is 20.5 Å². The number of ether oxygens (including phenoxy) is 2. The van der Waals surface area contributed by atoms with Gasteiger partial charge in [0.2, 0.25) is 0 Å². The van der Waals surface area contributed by atoms with E-state index in [1.54, 1.807) is 21.3 Å². The number of guanidine groups is 1. The molecule has 28 heavy (non-hydrogen) atoms. The third kappa shape index (κ3) is 4.24. The van der Waals surface area contributed by atoms with E-state index in [1.165, 1.54) is 4.90 Å². The number of hydrogen-bond acceptors (Lipinski definition) is 6. The van der Waals surface area contributed by atoms with Crippen LogP contribution in [0.4, 0.5) is 0 Å². The van der Waals surface area contributed by atoms with E-state index in [0.717, 1.165) is 55.7 Å². The average molecular weight is 389 g/mol. The monoisotopic (exact) mass is 388 g/mol. The van der Waals surface area contributed by atoms with Crippen LogP contribution in [0.2, 0.25) is 0 Å². The van der Waals surface area contributed by atoms with E-state index in [4.69, 9.17) is 15.2 Å². The Balaban J connectivity index is 1.58. The van der Waals surface area contributed by atoms with E-state index < -0.39 is 5.54 Å². The van der Waals surface area contributed by atoms with Crippen LogP contribution in [0.1, 0.15) is 44.6 Å². The van der Waals surface area contributed by atoms with Crippen LogP contribution in [0.3, 0.4) is 0 Å². The number of hydrogen-bond donors (Lipinski definition) is 2. The molecule has 2 aliphatic rings. The number of carbonyl (C=O) groups excluding carboxylic acids is 1.